The molecule has 7 heteroatoms. The number of nitrogens with zero attached hydrogens (tertiary/aromatic N) is 6. The minimum atomic E-state index is 0.582. The molecule has 6 aromatic rings. The maximum atomic E-state index is 9.77. The second kappa shape index (κ2) is 10.6. The van der Waals surface area contributed by atoms with Crippen molar-refractivity contribution < 1.29 is 0 Å². The van der Waals surface area contributed by atoms with Gasteiger partial charge in [-0.1, -0.05) is 42.5 Å². The zero-order valence-corrected chi connectivity index (χ0v) is 23.4. The van der Waals surface area contributed by atoms with E-state index >= 15 is 0 Å². The molecule has 0 atom stereocenters. The first-order valence-corrected chi connectivity index (χ1v) is 14.3. The normalized spacial score (nSPS) is 14.0. The maximum Gasteiger partial charge on any atom is 0.157 e. The maximum absolute atomic E-state index is 9.77. The fourth-order valence-electron chi connectivity index (χ4n) is 6.21. The van der Waals surface area contributed by atoms with Crippen LogP contribution in [0.2, 0.25) is 0 Å². The summed E-state index contributed by atoms with van der Waals surface area (Å²) < 4.78 is 2.04. The molecule has 8 rings (SSSR count). The average molecular weight is 548 g/mol. The number of rotatable bonds is 1. The van der Waals surface area contributed by atoms with E-state index in [1.165, 1.54) is 22.3 Å². The van der Waals surface area contributed by atoms with Gasteiger partial charge in [0.15, 0.2) is 5.65 Å². The molecule has 7 nitrogen and oxygen atoms in total. The molecule has 1 saturated heterocycles. The summed E-state index contributed by atoms with van der Waals surface area (Å²) in [5.74, 6) is 0. The van der Waals surface area contributed by atoms with Crippen molar-refractivity contribution in [1.29, 1.82) is 10.5 Å². The number of fused-ring (bicyclic) bond motifs is 8. The van der Waals surface area contributed by atoms with E-state index in [-0.39, 0.29) is 0 Å². The predicted molar refractivity (Wildman–Crippen MR) is 167 cm³/mol. The minimum absolute atomic E-state index is 0.582. The molecule has 1 fully saturated rings. The van der Waals surface area contributed by atoms with Crippen LogP contribution >= 0.6 is 0 Å². The van der Waals surface area contributed by atoms with Crippen LogP contribution in [0.5, 0.6) is 0 Å². The molecule has 204 valence electrons. The molecule has 0 spiro atoms. The highest BCUT2D eigenvalue weighted by Gasteiger charge is 2.20. The fraction of sp³-hybridized carbons (Fsp3) is 0.200. The summed E-state index contributed by atoms with van der Waals surface area (Å²) >= 11 is 0. The summed E-state index contributed by atoms with van der Waals surface area (Å²) in [6.07, 6.45) is 2.10. The summed E-state index contributed by atoms with van der Waals surface area (Å²) in [7, 11) is 0. The number of aryl methyl sites for hydroxylation is 1. The monoisotopic (exact) mass is 547 g/mol. The summed E-state index contributed by atoms with van der Waals surface area (Å²) in [5, 5.41) is 23.1. The largest absolute Gasteiger partial charge is 0.370 e. The van der Waals surface area contributed by atoms with Gasteiger partial charge in [0.25, 0.3) is 0 Å². The lowest BCUT2D eigenvalue weighted by molar-refractivity contribution is 0.724. The Kier molecular flexibility index (Phi) is 6.51. The highest BCUT2D eigenvalue weighted by atomic mass is 15.2. The van der Waals surface area contributed by atoms with Crippen LogP contribution < -0.4 is 10.2 Å². The number of pyridine rings is 2. The Morgan fingerprint density at radius 2 is 1.62 bits per heavy atom. The Morgan fingerprint density at radius 3 is 2.50 bits per heavy atom. The van der Waals surface area contributed by atoms with E-state index in [0.717, 1.165) is 78.0 Å². The zero-order chi connectivity index (χ0) is 28.6. The van der Waals surface area contributed by atoms with Gasteiger partial charge in [-0.2, -0.15) is 10.5 Å². The van der Waals surface area contributed by atoms with Crippen molar-refractivity contribution in [3.8, 4) is 23.3 Å². The molecule has 1 aliphatic heterocycles. The van der Waals surface area contributed by atoms with E-state index < -0.39 is 0 Å². The number of nitriles is 2. The number of nitrogens with one attached hydrogen (secondary N) is 1. The van der Waals surface area contributed by atoms with Crippen LogP contribution in [0.4, 0.5) is 5.69 Å². The molecule has 0 bridgehead atoms. The Labute approximate surface area is 244 Å². The summed E-state index contributed by atoms with van der Waals surface area (Å²) in [6, 6.07) is 30.9. The molecule has 0 radical (unpaired) electrons. The highest BCUT2D eigenvalue weighted by molar-refractivity contribution is 5.97. The van der Waals surface area contributed by atoms with Gasteiger partial charge in [-0.25, -0.2) is 9.97 Å². The van der Waals surface area contributed by atoms with Crippen LogP contribution in [0, 0.1) is 29.6 Å². The van der Waals surface area contributed by atoms with Gasteiger partial charge in [0.05, 0.1) is 28.2 Å². The first-order valence-electron chi connectivity index (χ1n) is 14.3. The number of hydrogen-bond acceptors (Lipinski definition) is 6. The summed E-state index contributed by atoms with van der Waals surface area (Å²) in [5.41, 5.74) is 12.0. The molecule has 0 amide bonds. The van der Waals surface area contributed by atoms with E-state index in [1.807, 2.05) is 59.9 Å². The van der Waals surface area contributed by atoms with Crippen LogP contribution in [0.15, 0.2) is 78.9 Å². The summed E-state index contributed by atoms with van der Waals surface area (Å²) in [6.45, 7) is 5.98. The summed E-state index contributed by atoms with van der Waals surface area (Å²) in [4.78, 5) is 12.0. The molecule has 1 aliphatic carbocycles. The van der Waals surface area contributed by atoms with Gasteiger partial charge in [0, 0.05) is 36.4 Å². The van der Waals surface area contributed by atoms with E-state index in [9.17, 15) is 5.26 Å². The third-order valence-electron chi connectivity index (χ3n) is 8.18. The molecular formula is C35H29N7. The van der Waals surface area contributed by atoms with Crippen molar-refractivity contribution >= 4 is 33.4 Å². The molecule has 4 heterocycles. The van der Waals surface area contributed by atoms with Crippen LogP contribution in [0.3, 0.4) is 0 Å². The standard InChI is InChI=1S/C21H20N6.C14H9N/c1-14-11-19(26-9-4-7-23-8-10-26)16-12-15(13-22)20-25-17-5-2-3-6-18(17)27(20)21(16)24-14;15-9-10-5-6-12-8-11-3-1-2-4-13(11)14(12)7-10/h2-3,5-6,11-12,23H,4,7-10H2,1H3;1-7H,8H2. The van der Waals surface area contributed by atoms with Crippen molar-refractivity contribution in [1.82, 2.24) is 19.7 Å². The van der Waals surface area contributed by atoms with Crippen molar-refractivity contribution in [2.45, 2.75) is 19.8 Å². The van der Waals surface area contributed by atoms with E-state index in [2.05, 4.69) is 52.7 Å². The lowest BCUT2D eigenvalue weighted by Crippen LogP contribution is -2.28. The Morgan fingerprint density at radius 1 is 0.786 bits per heavy atom. The van der Waals surface area contributed by atoms with Gasteiger partial charge in [0.2, 0.25) is 0 Å². The average Bonchev–Trinajstić information content (AvgIpc) is 3.48. The number of benzene rings is 3. The number of para-hydroxylation sites is 2. The topological polar surface area (TPSA) is 93.0 Å². The quantitative estimate of drug-likeness (QED) is 0.265. The van der Waals surface area contributed by atoms with Gasteiger partial charge in [-0.3, -0.25) is 4.40 Å². The molecule has 3 aromatic carbocycles. The van der Waals surface area contributed by atoms with Gasteiger partial charge in [-0.15, -0.1) is 0 Å². The van der Waals surface area contributed by atoms with Crippen molar-refractivity contribution in [3.63, 3.8) is 0 Å². The van der Waals surface area contributed by atoms with E-state index in [0.29, 0.717) is 11.2 Å². The van der Waals surface area contributed by atoms with Gasteiger partial charge >= 0.3 is 0 Å². The molecule has 42 heavy (non-hydrogen) atoms. The number of aromatic nitrogens is 3. The second-order valence-corrected chi connectivity index (χ2v) is 10.9. The highest BCUT2D eigenvalue weighted by Crippen LogP contribution is 2.36. The molecular weight excluding hydrogens is 518 g/mol. The Hall–Kier alpha value is -5.24. The lowest BCUT2D eigenvalue weighted by Gasteiger charge is -2.24. The van der Waals surface area contributed by atoms with Crippen LogP contribution in [0.1, 0.15) is 34.4 Å². The number of anilines is 1. The smallest absolute Gasteiger partial charge is 0.157 e. The van der Waals surface area contributed by atoms with Crippen LogP contribution in [0.25, 0.3) is 38.8 Å². The van der Waals surface area contributed by atoms with Gasteiger partial charge < -0.3 is 10.2 Å². The van der Waals surface area contributed by atoms with Crippen molar-refractivity contribution in [3.05, 3.63) is 107 Å². The first kappa shape index (κ1) is 25.7. The van der Waals surface area contributed by atoms with E-state index in [1.54, 1.807) is 0 Å². The third-order valence-corrected chi connectivity index (χ3v) is 8.18. The molecule has 0 unspecified atom stereocenters. The Bertz CT molecular complexity index is 2070. The second-order valence-electron chi connectivity index (χ2n) is 10.9. The van der Waals surface area contributed by atoms with Crippen molar-refractivity contribution in [2.75, 3.05) is 31.1 Å². The van der Waals surface area contributed by atoms with Crippen LogP contribution in [-0.4, -0.2) is 40.5 Å². The molecule has 0 saturated carbocycles. The SMILES string of the molecule is Cc1cc(N2CCCNCC2)c2cc(C#N)c3nc4ccccc4n3c2n1.N#Cc1ccc2c(c1)-c1ccccc1C2. The number of imidazole rings is 1. The molecule has 3 aromatic heterocycles. The lowest BCUT2D eigenvalue weighted by atomic mass is 10.0. The Balaban J connectivity index is 0.000000162. The van der Waals surface area contributed by atoms with Crippen molar-refractivity contribution in [2.24, 2.45) is 0 Å². The zero-order valence-electron chi connectivity index (χ0n) is 23.4. The first-order chi connectivity index (χ1) is 20.6. The van der Waals surface area contributed by atoms with Gasteiger partial charge in [-0.05, 0) is 85.0 Å². The van der Waals surface area contributed by atoms with E-state index in [4.69, 9.17) is 15.2 Å². The number of hydrogen-bond donors (Lipinski definition) is 1. The predicted octanol–water partition coefficient (Wildman–Crippen LogP) is 6.14. The molecule has 1 N–H and O–H groups in total. The van der Waals surface area contributed by atoms with Gasteiger partial charge in [0.1, 0.15) is 11.7 Å². The minimum Gasteiger partial charge on any atom is -0.370 e. The molecule has 2 aliphatic rings. The van der Waals surface area contributed by atoms with Crippen LogP contribution in [-0.2, 0) is 6.42 Å². The third kappa shape index (κ3) is 4.41. The fourth-order valence-corrected chi connectivity index (χ4v) is 6.21.